The maximum Gasteiger partial charge on any atom is 0.251 e. The minimum absolute atomic E-state index is 0. The lowest BCUT2D eigenvalue weighted by Crippen LogP contribution is -2.33. The van der Waals surface area contributed by atoms with Crippen LogP contribution in [-0.2, 0) is 6.54 Å². The number of rotatable bonds is 6. The molecule has 0 bridgehead atoms. The predicted octanol–water partition coefficient (Wildman–Crippen LogP) is 2.71. The first-order valence-corrected chi connectivity index (χ1v) is 7.88. The fourth-order valence-corrected chi connectivity index (χ4v) is 2.84. The highest BCUT2D eigenvalue weighted by molar-refractivity contribution is 5.94. The van der Waals surface area contributed by atoms with Gasteiger partial charge in [0.15, 0.2) is 0 Å². The van der Waals surface area contributed by atoms with Crippen LogP contribution in [0.4, 0.5) is 0 Å². The summed E-state index contributed by atoms with van der Waals surface area (Å²) >= 11 is 0. The van der Waals surface area contributed by atoms with Gasteiger partial charge in [0.25, 0.3) is 5.91 Å². The molecule has 2 rings (SSSR count). The van der Waals surface area contributed by atoms with Gasteiger partial charge >= 0.3 is 0 Å². The van der Waals surface area contributed by atoms with Crippen molar-refractivity contribution in [3.05, 3.63) is 35.4 Å². The molecule has 6 heteroatoms. The minimum Gasteiger partial charge on any atom is -0.352 e. The Morgan fingerprint density at radius 3 is 2.78 bits per heavy atom. The third-order valence-corrected chi connectivity index (χ3v) is 3.93. The molecule has 0 saturated carbocycles. The lowest BCUT2D eigenvalue weighted by molar-refractivity contribution is 0.0950. The van der Waals surface area contributed by atoms with Crippen LogP contribution < -0.4 is 10.6 Å². The molecule has 1 amide bonds. The van der Waals surface area contributed by atoms with E-state index in [-0.39, 0.29) is 30.7 Å². The van der Waals surface area contributed by atoms with E-state index in [1.54, 1.807) is 0 Å². The van der Waals surface area contributed by atoms with Gasteiger partial charge in [-0.05, 0) is 70.1 Å². The Bertz CT molecular complexity index is 463. The smallest absolute Gasteiger partial charge is 0.251 e. The van der Waals surface area contributed by atoms with Crippen LogP contribution in [0.15, 0.2) is 24.3 Å². The molecule has 4 nitrogen and oxygen atoms in total. The van der Waals surface area contributed by atoms with E-state index >= 15 is 0 Å². The number of nitrogens with zero attached hydrogens (tertiary/aromatic N) is 1. The van der Waals surface area contributed by atoms with Crippen LogP contribution in [0.3, 0.4) is 0 Å². The van der Waals surface area contributed by atoms with E-state index < -0.39 is 0 Å². The Labute approximate surface area is 152 Å². The monoisotopic (exact) mass is 361 g/mol. The van der Waals surface area contributed by atoms with E-state index in [0.29, 0.717) is 5.92 Å². The van der Waals surface area contributed by atoms with Crippen LogP contribution in [0, 0.1) is 5.92 Å². The first kappa shape index (κ1) is 22.2. The number of hydrogen-bond acceptors (Lipinski definition) is 3. The number of halogens is 2. The van der Waals surface area contributed by atoms with Gasteiger partial charge in [0.1, 0.15) is 0 Å². The predicted molar refractivity (Wildman–Crippen MR) is 101 cm³/mol. The molecule has 0 radical (unpaired) electrons. The summed E-state index contributed by atoms with van der Waals surface area (Å²) in [6.45, 7) is 3.85. The third-order valence-electron chi connectivity index (χ3n) is 3.93. The van der Waals surface area contributed by atoms with Crippen LogP contribution >= 0.6 is 24.8 Å². The van der Waals surface area contributed by atoms with Gasteiger partial charge in [-0.3, -0.25) is 4.79 Å². The fourth-order valence-electron chi connectivity index (χ4n) is 2.84. The topological polar surface area (TPSA) is 44.4 Å². The third kappa shape index (κ3) is 8.02. The molecule has 1 unspecified atom stereocenters. The van der Waals surface area contributed by atoms with E-state index in [2.05, 4.69) is 21.6 Å². The van der Waals surface area contributed by atoms with Crippen molar-refractivity contribution in [2.75, 3.05) is 33.7 Å². The molecule has 1 aromatic rings. The molecule has 1 saturated heterocycles. The lowest BCUT2D eigenvalue weighted by atomic mass is 9.96. The van der Waals surface area contributed by atoms with Crippen LogP contribution in [0.1, 0.15) is 35.2 Å². The van der Waals surface area contributed by atoms with E-state index in [4.69, 9.17) is 0 Å². The number of piperidine rings is 1. The average Bonchev–Trinajstić information content (AvgIpc) is 2.48. The second-order valence-electron chi connectivity index (χ2n) is 6.20. The molecule has 1 fully saturated rings. The van der Waals surface area contributed by atoms with Crippen molar-refractivity contribution in [2.24, 2.45) is 5.92 Å². The molecule has 23 heavy (non-hydrogen) atoms. The average molecular weight is 362 g/mol. The summed E-state index contributed by atoms with van der Waals surface area (Å²) in [5, 5.41) is 6.46. The molecule has 132 valence electrons. The normalized spacial score (nSPS) is 17.1. The SMILES string of the molecule is CN(C)Cc1cccc(C(=O)NCCC2CCCNC2)c1.Cl.Cl. The maximum absolute atomic E-state index is 12.2. The second kappa shape index (κ2) is 11.7. The molecule has 1 aliphatic rings. The summed E-state index contributed by atoms with van der Waals surface area (Å²) in [4.78, 5) is 14.3. The highest BCUT2D eigenvalue weighted by Crippen LogP contribution is 2.13. The van der Waals surface area contributed by atoms with Crippen LogP contribution in [-0.4, -0.2) is 44.5 Å². The summed E-state index contributed by atoms with van der Waals surface area (Å²) in [6.07, 6.45) is 3.60. The summed E-state index contributed by atoms with van der Waals surface area (Å²) in [5.41, 5.74) is 1.93. The Kier molecular flexibility index (Phi) is 11.3. The molecule has 0 aromatic heterocycles. The van der Waals surface area contributed by atoms with Crippen molar-refractivity contribution >= 4 is 30.7 Å². The van der Waals surface area contributed by atoms with E-state index in [1.165, 1.54) is 18.4 Å². The molecule has 2 N–H and O–H groups in total. The van der Waals surface area contributed by atoms with Gasteiger partial charge < -0.3 is 15.5 Å². The van der Waals surface area contributed by atoms with Crippen molar-refractivity contribution in [3.8, 4) is 0 Å². The van der Waals surface area contributed by atoms with E-state index in [0.717, 1.165) is 38.2 Å². The minimum atomic E-state index is 0. The highest BCUT2D eigenvalue weighted by Gasteiger charge is 2.13. The van der Waals surface area contributed by atoms with E-state index in [1.807, 2.05) is 32.3 Å². The molecule has 0 aliphatic carbocycles. The van der Waals surface area contributed by atoms with Crippen LogP contribution in [0.5, 0.6) is 0 Å². The van der Waals surface area contributed by atoms with E-state index in [9.17, 15) is 4.79 Å². The van der Waals surface area contributed by atoms with Crippen LogP contribution in [0.25, 0.3) is 0 Å². The number of nitrogens with one attached hydrogen (secondary N) is 2. The van der Waals surface area contributed by atoms with Crippen molar-refractivity contribution in [1.29, 1.82) is 0 Å². The van der Waals surface area contributed by atoms with Crippen molar-refractivity contribution in [2.45, 2.75) is 25.8 Å². The molecule has 1 atom stereocenters. The zero-order chi connectivity index (χ0) is 15.1. The number of benzene rings is 1. The largest absolute Gasteiger partial charge is 0.352 e. The van der Waals surface area contributed by atoms with Gasteiger partial charge in [0.05, 0.1) is 0 Å². The number of amides is 1. The number of hydrogen-bond donors (Lipinski definition) is 2. The molecular weight excluding hydrogens is 333 g/mol. The maximum atomic E-state index is 12.2. The fraction of sp³-hybridized carbons (Fsp3) is 0.588. The lowest BCUT2D eigenvalue weighted by Gasteiger charge is -2.22. The summed E-state index contributed by atoms with van der Waals surface area (Å²) < 4.78 is 0. The van der Waals surface area contributed by atoms with Gasteiger partial charge in [-0.25, -0.2) is 0 Å². The second-order valence-corrected chi connectivity index (χ2v) is 6.20. The van der Waals surface area contributed by atoms with Crippen LogP contribution in [0.2, 0.25) is 0 Å². The molecule has 1 aromatic carbocycles. The first-order valence-electron chi connectivity index (χ1n) is 7.88. The first-order chi connectivity index (χ1) is 10.1. The van der Waals surface area contributed by atoms with Gasteiger partial charge in [0.2, 0.25) is 0 Å². The van der Waals surface area contributed by atoms with Gasteiger partial charge in [-0.15, -0.1) is 24.8 Å². The van der Waals surface area contributed by atoms with Gasteiger partial charge in [-0.2, -0.15) is 0 Å². The molecule has 1 heterocycles. The Morgan fingerprint density at radius 1 is 1.35 bits per heavy atom. The summed E-state index contributed by atoms with van der Waals surface area (Å²) in [7, 11) is 4.07. The molecule has 1 aliphatic heterocycles. The Balaban J connectivity index is 0.00000242. The standard InChI is InChI=1S/C17H27N3O.2ClH/c1-20(2)13-15-5-3-7-16(11-15)17(21)19-10-8-14-6-4-9-18-12-14;;/h3,5,7,11,14,18H,4,6,8-10,12-13H2,1-2H3,(H,19,21);2*1H. The quantitative estimate of drug-likeness (QED) is 0.818. The molecular formula is C17H29Cl2N3O. The van der Waals surface area contributed by atoms with Gasteiger partial charge in [-0.1, -0.05) is 12.1 Å². The highest BCUT2D eigenvalue weighted by atomic mass is 35.5. The number of carbonyl (C=O) groups excluding carboxylic acids is 1. The molecule has 0 spiro atoms. The number of carbonyl (C=O) groups is 1. The summed E-state index contributed by atoms with van der Waals surface area (Å²) in [6, 6.07) is 7.89. The van der Waals surface area contributed by atoms with Gasteiger partial charge in [0, 0.05) is 18.7 Å². The summed E-state index contributed by atoms with van der Waals surface area (Å²) in [5.74, 6) is 0.749. The Morgan fingerprint density at radius 2 is 2.13 bits per heavy atom. The van der Waals surface area contributed by atoms with Crippen molar-refractivity contribution in [3.63, 3.8) is 0 Å². The zero-order valence-electron chi connectivity index (χ0n) is 14.0. The van der Waals surface area contributed by atoms with Crippen molar-refractivity contribution in [1.82, 2.24) is 15.5 Å². The zero-order valence-corrected chi connectivity index (χ0v) is 15.6. The van der Waals surface area contributed by atoms with Crippen molar-refractivity contribution < 1.29 is 4.79 Å². The Hall–Kier alpha value is -0.810.